The molecular formula is C12H15ClN2O3. The molecule has 2 unspecified atom stereocenters. The summed E-state index contributed by atoms with van der Waals surface area (Å²) < 4.78 is 4.74. The summed E-state index contributed by atoms with van der Waals surface area (Å²) in [6.07, 6.45) is 1.51. The van der Waals surface area contributed by atoms with Crippen LogP contribution in [0.1, 0.15) is 12.1 Å². The van der Waals surface area contributed by atoms with Crippen molar-refractivity contribution < 1.29 is 14.6 Å². The zero-order chi connectivity index (χ0) is 13.1. The summed E-state index contributed by atoms with van der Waals surface area (Å²) in [5.41, 5.74) is 0.769. The number of esters is 1. The molecule has 1 N–H and O–H groups in total. The number of likely N-dealkylation sites (tertiary alicyclic amines) is 1. The molecule has 1 aromatic rings. The second-order valence-corrected chi connectivity index (χ2v) is 4.76. The molecule has 0 saturated carbocycles. The van der Waals surface area contributed by atoms with Gasteiger partial charge >= 0.3 is 5.97 Å². The van der Waals surface area contributed by atoms with Crippen LogP contribution in [0.4, 0.5) is 0 Å². The second kappa shape index (κ2) is 5.65. The number of nitrogens with zero attached hydrogens (tertiary/aromatic N) is 2. The van der Waals surface area contributed by atoms with Gasteiger partial charge in [0.1, 0.15) is 6.04 Å². The molecule has 2 atom stereocenters. The van der Waals surface area contributed by atoms with Crippen LogP contribution in [0.3, 0.4) is 0 Å². The van der Waals surface area contributed by atoms with Gasteiger partial charge in [-0.15, -0.1) is 0 Å². The molecule has 1 aromatic heterocycles. The van der Waals surface area contributed by atoms with Gasteiger partial charge in [-0.25, -0.2) is 0 Å². The lowest BCUT2D eigenvalue weighted by Gasteiger charge is -2.21. The van der Waals surface area contributed by atoms with Gasteiger partial charge in [-0.3, -0.25) is 14.7 Å². The fourth-order valence-electron chi connectivity index (χ4n) is 2.18. The fourth-order valence-corrected chi connectivity index (χ4v) is 2.36. The predicted molar refractivity (Wildman–Crippen MR) is 66.1 cm³/mol. The summed E-state index contributed by atoms with van der Waals surface area (Å²) in [6.45, 7) is 0.908. The van der Waals surface area contributed by atoms with Crippen LogP contribution in [-0.4, -0.2) is 46.8 Å². The molecule has 1 aliphatic rings. The largest absolute Gasteiger partial charge is 0.468 e. The highest BCUT2D eigenvalue weighted by molar-refractivity contribution is 6.30. The Hall–Kier alpha value is -1.17. The maximum atomic E-state index is 11.6. The van der Waals surface area contributed by atoms with Crippen LogP contribution < -0.4 is 0 Å². The van der Waals surface area contributed by atoms with Crippen molar-refractivity contribution in [2.75, 3.05) is 13.7 Å². The predicted octanol–water partition coefficient (Wildman–Crippen LogP) is 0.843. The standard InChI is InChI=1S/C12H15ClN2O3/c1-18-12(17)11-5-10(16)7-15(11)6-9-4-8(13)2-3-14-9/h2-4,10-11,16H,5-7H2,1H3. The Morgan fingerprint density at radius 2 is 2.50 bits per heavy atom. The first kappa shape index (κ1) is 13.3. The van der Waals surface area contributed by atoms with E-state index < -0.39 is 12.1 Å². The molecule has 0 amide bonds. The Kier molecular flexibility index (Phi) is 4.16. The number of methoxy groups -OCH3 is 1. The average molecular weight is 271 g/mol. The van der Waals surface area contributed by atoms with Gasteiger partial charge in [0.15, 0.2) is 0 Å². The zero-order valence-electron chi connectivity index (χ0n) is 10.0. The van der Waals surface area contributed by atoms with Crippen LogP contribution in [0.2, 0.25) is 5.02 Å². The fraction of sp³-hybridized carbons (Fsp3) is 0.500. The number of halogens is 1. The Morgan fingerprint density at radius 3 is 3.17 bits per heavy atom. The van der Waals surface area contributed by atoms with E-state index in [1.54, 1.807) is 18.3 Å². The van der Waals surface area contributed by atoms with Gasteiger partial charge in [-0.1, -0.05) is 11.6 Å². The molecule has 1 saturated heterocycles. The van der Waals surface area contributed by atoms with Crippen molar-refractivity contribution in [1.29, 1.82) is 0 Å². The quantitative estimate of drug-likeness (QED) is 0.825. The third-order valence-electron chi connectivity index (χ3n) is 3.00. The highest BCUT2D eigenvalue weighted by atomic mass is 35.5. The maximum Gasteiger partial charge on any atom is 0.323 e. The zero-order valence-corrected chi connectivity index (χ0v) is 10.8. The number of aliphatic hydroxyl groups is 1. The van der Waals surface area contributed by atoms with Crippen LogP contribution in [0.25, 0.3) is 0 Å². The van der Waals surface area contributed by atoms with Crippen LogP contribution >= 0.6 is 11.6 Å². The van der Waals surface area contributed by atoms with Crippen molar-refractivity contribution >= 4 is 17.6 Å². The van der Waals surface area contributed by atoms with Gasteiger partial charge in [0, 0.05) is 30.7 Å². The van der Waals surface area contributed by atoms with E-state index in [1.165, 1.54) is 7.11 Å². The van der Waals surface area contributed by atoms with E-state index in [2.05, 4.69) is 4.98 Å². The third-order valence-corrected chi connectivity index (χ3v) is 3.23. The van der Waals surface area contributed by atoms with Crippen LogP contribution in [0, 0.1) is 0 Å². The Morgan fingerprint density at radius 1 is 1.72 bits per heavy atom. The van der Waals surface area contributed by atoms with E-state index in [0.29, 0.717) is 24.5 Å². The number of rotatable bonds is 3. The first-order valence-corrected chi connectivity index (χ1v) is 6.08. The minimum atomic E-state index is -0.506. The summed E-state index contributed by atoms with van der Waals surface area (Å²) in [7, 11) is 1.35. The first-order valence-electron chi connectivity index (χ1n) is 5.70. The van der Waals surface area contributed by atoms with E-state index in [-0.39, 0.29) is 5.97 Å². The number of ether oxygens (including phenoxy) is 1. The van der Waals surface area contributed by atoms with Gasteiger partial charge < -0.3 is 9.84 Å². The summed E-state index contributed by atoms with van der Waals surface area (Å²) in [5.74, 6) is -0.325. The molecule has 0 bridgehead atoms. The lowest BCUT2D eigenvalue weighted by atomic mass is 10.2. The first-order chi connectivity index (χ1) is 8.60. The molecule has 1 aliphatic heterocycles. The number of hydrogen-bond acceptors (Lipinski definition) is 5. The number of hydrogen-bond donors (Lipinski definition) is 1. The number of aromatic nitrogens is 1. The molecule has 5 nitrogen and oxygen atoms in total. The van der Waals surface area contributed by atoms with E-state index in [9.17, 15) is 9.90 Å². The van der Waals surface area contributed by atoms with Crippen LogP contribution in [-0.2, 0) is 16.1 Å². The molecule has 2 rings (SSSR count). The summed E-state index contributed by atoms with van der Waals surface area (Å²) >= 11 is 5.89. The Balaban J connectivity index is 2.09. The number of aliphatic hydroxyl groups excluding tert-OH is 1. The van der Waals surface area contributed by atoms with Crippen LogP contribution in [0.15, 0.2) is 18.3 Å². The summed E-state index contributed by atoms with van der Waals surface area (Å²) in [6, 6.07) is 3.04. The molecule has 6 heteroatoms. The van der Waals surface area contributed by atoms with Crippen molar-refractivity contribution in [1.82, 2.24) is 9.88 Å². The van der Waals surface area contributed by atoms with Crippen molar-refractivity contribution in [3.8, 4) is 0 Å². The number of carbonyl (C=O) groups is 1. The van der Waals surface area contributed by atoms with Gasteiger partial charge in [0.25, 0.3) is 0 Å². The normalized spacial score (nSPS) is 24.2. The number of carbonyl (C=O) groups excluding carboxylic acids is 1. The van der Waals surface area contributed by atoms with Crippen LogP contribution in [0.5, 0.6) is 0 Å². The molecule has 0 spiro atoms. The van der Waals surface area contributed by atoms with Crippen molar-refractivity contribution in [3.05, 3.63) is 29.0 Å². The molecule has 0 aromatic carbocycles. The summed E-state index contributed by atoms with van der Waals surface area (Å²) in [4.78, 5) is 17.6. The minimum absolute atomic E-state index is 0.325. The van der Waals surface area contributed by atoms with E-state index in [1.807, 2.05) is 4.90 Å². The maximum absolute atomic E-state index is 11.6. The monoisotopic (exact) mass is 270 g/mol. The lowest BCUT2D eigenvalue weighted by Crippen LogP contribution is -2.36. The van der Waals surface area contributed by atoms with E-state index in [0.717, 1.165) is 5.69 Å². The Labute approximate surface area is 110 Å². The third kappa shape index (κ3) is 2.98. The molecular weight excluding hydrogens is 256 g/mol. The van der Waals surface area contributed by atoms with E-state index in [4.69, 9.17) is 16.3 Å². The average Bonchev–Trinajstić information content (AvgIpc) is 2.69. The van der Waals surface area contributed by atoms with Gasteiger partial charge in [0.05, 0.1) is 18.9 Å². The lowest BCUT2D eigenvalue weighted by molar-refractivity contribution is -0.146. The molecule has 98 valence electrons. The SMILES string of the molecule is COC(=O)C1CC(O)CN1Cc1cc(Cl)ccn1. The number of pyridine rings is 1. The topological polar surface area (TPSA) is 62.7 Å². The molecule has 18 heavy (non-hydrogen) atoms. The molecule has 0 aliphatic carbocycles. The molecule has 2 heterocycles. The Bertz CT molecular complexity index is 441. The second-order valence-electron chi connectivity index (χ2n) is 4.32. The van der Waals surface area contributed by atoms with E-state index >= 15 is 0 Å². The summed E-state index contributed by atoms with van der Waals surface area (Å²) in [5, 5.41) is 10.3. The highest BCUT2D eigenvalue weighted by Gasteiger charge is 2.36. The van der Waals surface area contributed by atoms with Gasteiger partial charge in [-0.05, 0) is 12.1 Å². The van der Waals surface area contributed by atoms with Gasteiger partial charge in [-0.2, -0.15) is 0 Å². The molecule has 1 fully saturated rings. The van der Waals surface area contributed by atoms with Gasteiger partial charge in [0.2, 0.25) is 0 Å². The highest BCUT2D eigenvalue weighted by Crippen LogP contribution is 2.21. The smallest absolute Gasteiger partial charge is 0.323 e. The minimum Gasteiger partial charge on any atom is -0.468 e. The number of β-amino-alcohol motifs (C(OH)–C–C–N with tert-alkyl or cyclic N) is 1. The van der Waals surface area contributed by atoms with Crippen molar-refractivity contribution in [3.63, 3.8) is 0 Å². The van der Waals surface area contributed by atoms with Crippen molar-refractivity contribution in [2.24, 2.45) is 0 Å². The molecule has 0 radical (unpaired) electrons. The van der Waals surface area contributed by atoms with Crippen molar-refractivity contribution in [2.45, 2.75) is 25.1 Å².